The van der Waals surface area contributed by atoms with Crippen LogP contribution in [0.3, 0.4) is 0 Å². The Morgan fingerprint density at radius 3 is 2.75 bits per heavy atom. The van der Waals surface area contributed by atoms with Gasteiger partial charge in [0.05, 0.1) is 6.61 Å². The summed E-state index contributed by atoms with van der Waals surface area (Å²) in [6, 6.07) is 8.59. The number of para-hydroxylation sites is 1. The van der Waals surface area contributed by atoms with E-state index in [1.165, 1.54) is 4.90 Å². The molecule has 2 aromatic rings. The minimum Gasteiger partial charge on any atom is -0.422 e. The summed E-state index contributed by atoms with van der Waals surface area (Å²) in [5, 5.41) is 9.71. The number of carbonyl (C=O) groups is 1. The van der Waals surface area contributed by atoms with Gasteiger partial charge in [-0.1, -0.05) is 25.1 Å². The van der Waals surface area contributed by atoms with E-state index in [0.717, 1.165) is 6.42 Å². The molecule has 5 heteroatoms. The van der Waals surface area contributed by atoms with Gasteiger partial charge in [-0.2, -0.15) is 0 Å². The summed E-state index contributed by atoms with van der Waals surface area (Å²) in [6.45, 7) is 2.50. The highest BCUT2D eigenvalue weighted by Crippen LogP contribution is 2.13. The Hall–Kier alpha value is -2.14. The quantitative estimate of drug-likeness (QED) is 0.842. The number of rotatable bonds is 5. The van der Waals surface area contributed by atoms with Crippen LogP contribution in [0.5, 0.6) is 0 Å². The molecule has 20 heavy (non-hydrogen) atoms. The smallest absolute Gasteiger partial charge is 0.349 e. The molecule has 0 saturated heterocycles. The molecule has 0 aliphatic carbocycles. The van der Waals surface area contributed by atoms with E-state index >= 15 is 0 Å². The second kappa shape index (κ2) is 6.34. The van der Waals surface area contributed by atoms with Gasteiger partial charge >= 0.3 is 5.63 Å². The Labute approximate surface area is 116 Å². The second-order valence-corrected chi connectivity index (χ2v) is 4.50. The van der Waals surface area contributed by atoms with E-state index in [0.29, 0.717) is 17.5 Å². The van der Waals surface area contributed by atoms with Gasteiger partial charge in [0.1, 0.15) is 11.1 Å². The minimum absolute atomic E-state index is 0.00519. The van der Waals surface area contributed by atoms with Crippen LogP contribution in [0.15, 0.2) is 39.5 Å². The van der Waals surface area contributed by atoms with Gasteiger partial charge in [0.2, 0.25) is 0 Å². The lowest BCUT2D eigenvalue weighted by Gasteiger charge is -2.20. The van der Waals surface area contributed by atoms with Crippen LogP contribution in [0.25, 0.3) is 11.0 Å². The van der Waals surface area contributed by atoms with Crippen molar-refractivity contribution in [2.75, 3.05) is 19.7 Å². The van der Waals surface area contributed by atoms with E-state index in [9.17, 15) is 9.59 Å². The molecule has 106 valence electrons. The Kier molecular flexibility index (Phi) is 4.53. The highest BCUT2D eigenvalue weighted by molar-refractivity contribution is 5.96. The van der Waals surface area contributed by atoms with Crippen LogP contribution >= 0.6 is 0 Å². The predicted octanol–water partition coefficient (Wildman–Crippen LogP) is 1.64. The average molecular weight is 275 g/mol. The molecule has 0 spiro atoms. The highest BCUT2D eigenvalue weighted by atomic mass is 16.4. The van der Waals surface area contributed by atoms with Gasteiger partial charge in [-0.3, -0.25) is 4.79 Å². The first-order valence-corrected chi connectivity index (χ1v) is 6.60. The molecule has 2 rings (SSSR count). The lowest BCUT2D eigenvalue weighted by molar-refractivity contribution is 0.0718. The molecule has 1 aromatic carbocycles. The highest BCUT2D eigenvalue weighted by Gasteiger charge is 2.19. The Bertz CT molecular complexity index is 656. The van der Waals surface area contributed by atoms with E-state index < -0.39 is 11.5 Å². The van der Waals surface area contributed by atoms with Crippen LogP contribution in [0.4, 0.5) is 0 Å². The minimum atomic E-state index is -0.646. The van der Waals surface area contributed by atoms with Crippen molar-refractivity contribution >= 4 is 16.9 Å². The molecular weight excluding hydrogens is 258 g/mol. The van der Waals surface area contributed by atoms with Crippen LogP contribution in [0, 0.1) is 0 Å². The van der Waals surface area contributed by atoms with Crippen LogP contribution in [0.1, 0.15) is 23.7 Å². The van der Waals surface area contributed by atoms with Crippen LogP contribution in [0.2, 0.25) is 0 Å². The molecular formula is C15H17NO4. The predicted molar refractivity (Wildman–Crippen MR) is 75.8 cm³/mol. The lowest BCUT2D eigenvalue weighted by Crippen LogP contribution is -2.36. The molecule has 0 radical (unpaired) electrons. The van der Waals surface area contributed by atoms with Crippen molar-refractivity contribution in [3.05, 3.63) is 46.3 Å². The Balaban J connectivity index is 2.42. The zero-order valence-electron chi connectivity index (χ0n) is 11.3. The van der Waals surface area contributed by atoms with E-state index in [1.807, 2.05) is 13.0 Å². The third-order valence-corrected chi connectivity index (χ3v) is 3.02. The first-order valence-electron chi connectivity index (χ1n) is 6.60. The van der Waals surface area contributed by atoms with Crippen molar-refractivity contribution in [1.82, 2.24) is 4.90 Å². The van der Waals surface area contributed by atoms with Gasteiger partial charge in [0, 0.05) is 18.5 Å². The first-order chi connectivity index (χ1) is 9.67. The number of aliphatic hydroxyl groups is 1. The molecule has 0 fully saturated rings. The summed E-state index contributed by atoms with van der Waals surface area (Å²) in [5.74, 6) is -0.402. The van der Waals surface area contributed by atoms with Gasteiger partial charge in [-0.15, -0.1) is 0 Å². The molecule has 0 unspecified atom stereocenters. The standard InChI is InChI=1S/C15H17NO4/c1-2-7-16(8-9-17)14(18)12-10-11-5-3-4-6-13(11)20-15(12)19/h3-6,10,17H,2,7-9H2,1H3. The maximum atomic E-state index is 12.3. The van der Waals surface area contributed by atoms with Crippen molar-refractivity contribution in [3.8, 4) is 0 Å². The van der Waals surface area contributed by atoms with Crippen LogP contribution in [-0.2, 0) is 0 Å². The molecule has 1 heterocycles. The van der Waals surface area contributed by atoms with Crippen LogP contribution < -0.4 is 5.63 Å². The Morgan fingerprint density at radius 2 is 2.05 bits per heavy atom. The summed E-state index contributed by atoms with van der Waals surface area (Å²) in [4.78, 5) is 25.7. The number of hydrogen-bond acceptors (Lipinski definition) is 4. The second-order valence-electron chi connectivity index (χ2n) is 4.50. The molecule has 0 bridgehead atoms. The summed E-state index contributed by atoms with van der Waals surface area (Å²) in [5.41, 5.74) is -0.184. The molecule has 0 atom stereocenters. The Morgan fingerprint density at radius 1 is 1.30 bits per heavy atom. The van der Waals surface area contributed by atoms with Gasteiger partial charge in [-0.05, 0) is 18.6 Å². The summed E-state index contributed by atoms with van der Waals surface area (Å²) < 4.78 is 5.15. The number of amides is 1. The van der Waals surface area contributed by atoms with E-state index in [-0.39, 0.29) is 18.7 Å². The van der Waals surface area contributed by atoms with Gasteiger partial charge in [0.25, 0.3) is 5.91 Å². The van der Waals surface area contributed by atoms with E-state index in [4.69, 9.17) is 9.52 Å². The SMILES string of the molecule is CCCN(CCO)C(=O)c1cc2ccccc2oc1=O. The summed E-state index contributed by atoms with van der Waals surface area (Å²) in [7, 11) is 0. The third-order valence-electron chi connectivity index (χ3n) is 3.02. The largest absolute Gasteiger partial charge is 0.422 e. The molecule has 0 saturated carbocycles. The molecule has 0 aliphatic rings. The van der Waals surface area contributed by atoms with Crippen LogP contribution in [-0.4, -0.2) is 35.6 Å². The number of fused-ring (bicyclic) bond motifs is 1. The van der Waals surface area contributed by atoms with Gasteiger partial charge < -0.3 is 14.4 Å². The molecule has 1 aromatic heterocycles. The maximum absolute atomic E-state index is 12.3. The monoisotopic (exact) mass is 275 g/mol. The normalized spacial score (nSPS) is 10.7. The van der Waals surface area contributed by atoms with Crippen molar-refractivity contribution < 1.29 is 14.3 Å². The zero-order valence-corrected chi connectivity index (χ0v) is 11.3. The topological polar surface area (TPSA) is 70.8 Å². The number of nitrogens with zero attached hydrogens (tertiary/aromatic N) is 1. The van der Waals surface area contributed by atoms with Crippen molar-refractivity contribution in [3.63, 3.8) is 0 Å². The number of aliphatic hydroxyl groups excluding tert-OH is 1. The number of benzene rings is 1. The summed E-state index contributed by atoms with van der Waals surface area (Å²) >= 11 is 0. The fourth-order valence-electron chi connectivity index (χ4n) is 2.09. The molecule has 1 amide bonds. The van der Waals surface area contributed by atoms with Crippen molar-refractivity contribution in [2.45, 2.75) is 13.3 Å². The molecule has 1 N–H and O–H groups in total. The van der Waals surface area contributed by atoms with Gasteiger partial charge in [0.15, 0.2) is 0 Å². The van der Waals surface area contributed by atoms with Crippen molar-refractivity contribution in [1.29, 1.82) is 0 Å². The maximum Gasteiger partial charge on any atom is 0.349 e. The summed E-state index contributed by atoms with van der Waals surface area (Å²) in [6.07, 6.45) is 0.755. The number of carbonyl (C=O) groups excluding carboxylic acids is 1. The first kappa shape index (κ1) is 14.3. The fourth-order valence-corrected chi connectivity index (χ4v) is 2.09. The zero-order chi connectivity index (χ0) is 14.5. The fraction of sp³-hybridized carbons (Fsp3) is 0.333. The van der Waals surface area contributed by atoms with Gasteiger partial charge in [-0.25, -0.2) is 4.79 Å². The average Bonchev–Trinajstić information content (AvgIpc) is 2.45. The van der Waals surface area contributed by atoms with E-state index in [1.54, 1.807) is 24.3 Å². The van der Waals surface area contributed by atoms with Crippen molar-refractivity contribution in [2.24, 2.45) is 0 Å². The molecule has 0 aliphatic heterocycles. The molecule has 5 nitrogen and oxygen atoms in total. The lowest BCUT2D eigenvalue weighted by atomic mass is 10.1. The number of hydrogen-bond donors (Lipinski definition) is 1. The third kappa shape index (κ3) is 2.88. The van der Waals surface area contributed by atoms with E-state index in [2.05, 4.69) is 0 Å².